The van der Waals surface area contributed by atoms with Gasteiger partial charge < -0.3 is 14.2 Å². The molecule has 0 bridgehead atoms. The van der Waals surface area contributed by atoms with Gasteiger partial charge in [-0.2, -0.15) is 5.10 Å². The molecule has 0 aromatic heterocycles. The number of hydrazone groups is 1. The van der Waals surface area contributed by atoms with E-state index in [1.54, 1.807) is 24.3 Å². The molecule has 1 N–H and O–H groups in total. The summed E-state index contributed by atoms with van der Waals surface area (Å²) in [6.07, 6.45) is 1.65. The lowest BCUT2D eigenvalue weighted by Crippen LogP contribution is -2.29. The number of carbonyl (C=O) groups excluding carboxylic acids is 2. The Morgan fingerprint density at radius 1 is 0.973 bits per heavy atom. The summed E-state index contributed by atoms with van der Waals surface area (Å²) < 4.78 is 40.8. The predicted octanol–water partition coefficient (Wildman–Crippen LogP) is 3.88. The van der Waals surface area contributed by atoms with Crippen molar-refractivity contribution in [2.24, 2.45) is 5.10 Å². The molecule has 0 saturated carbocycles. The normalized spacial score (nSPS) is 11.1. The number of carbonyl (C=O) groups is 2. The highest BCUT2D eigenvalue weighted by atomic mass is 32.2. The van der Waals surface area contributed by atoms with Gasteiger partial charge in [-0.05, 0) is 60.5 Å². The Morgan fingerprint density at radius 2 is 1.65 bits per heavy atom. The number of hydrogen-bond donors (Lipinski definition) is 1. The fourth-order valence-corrected chi connectivity index (χ4v) is 4.14. The van der Waals surface area contributed by atoms with E-state index < -0.39 is 22.1 Å². The smallest absolute Gasteiger partial charge is 0.493 e. The summed E-state index contributed by atoms with van der Waals surface area (Å²) >= 11 is 0. The standard InChI is InChI=1S/C26H27N3O7S/c1-18-5-7-19(8-6-18)17-29(37(4,32)33)22-12-10-21(11-13-22)25(30)28-27-16-20-9-14-23(24(15-20)34-2)36-26(31)35-3/h5-16H,17H2,1-4H3,(H,28,30)/b27-16-. The van der Waals surface area contributed by atoms with Crippen LogP contribution in [0.25, 0.3) is 0 Å². The average molecular weight is 526 g/mol. The Balaban J connectivity index is 1.68. The second kappa shape index (κ2) is 12.0. The van der Waals surface area contributed by atoms with Crippen molar-refractivity contribution in [2.75, 3.05) is 24.8 Å². The minimum absolute atomic E-state index is 0.168. The molecule has 3 aromatic carbocycles. The number of rotatable bonds is 9. The van der Waals surface area contributed by atoms with E-state index in [1.807, 2.05) is 31.2 Å². The second-order valence-corrected chi connectivity index (χ2v) is 9.87. The number of amides is 1. The van der Waals surface area contributed by atoms with Crippen LogP contribution in [0, 0.1) is 6.92 Å². The van der Waals surface area contributed by atoms with Crippen molar-refractivity contribution in [3.05, 3.63) is 89.0 Å². The Bertz CT molecular complexity index is 1390. The third-order valence-corrected chi connectivity index (χ3v) is 6.33. The van der Waals surface area contributed by atoms with Crippen LogP contribution in [-0.4, -0.2) is 47.2 Å². The minimum atomic E-state index is -3.56. The van der Waals surface area contributed by atoms with Crippen LogP contribution in [0.4, 0.5) is 10.5 Å². The first kappa shape index (κ1) is 27.2. The Hall–Kier alpha value is -4.38. The van der Waals surface area contributed by atoms with Crippen molar-refractivity contribution >= 4 is 34.0 Å². The van der Waals surface area contributed by atoms with Gasteiger partial charge in [0.1, 0.15) is 0 Å². The molecular formula is C26H27N3O7S. The molecule has 37 heavy (non-hydrogen) atoms. The molecule has 0 fully saturated rings. The molecule has 0 aliphatic rings. The van der Waals surface area contributed by atoms with Gasteiger partial charge in [0.25, 0.3) is 5.91 Å². The quantitative estimate of drug-likeness (QED) is 0.195. The van der Waals surface area contributed by atoms with Gasteiger partial charge in [-0.3, -0.25) is 9.10 Å². The largest absolute Gasteiger partial charge is 0.513 e. The summed E-state index contributed by atoms with van der Waals surface area (Å²) in [4.78, 5) is 23.8. The number of benzene rings is 3. The van der Waals surface area contributed by atoms with Crippen LogP contribution in [0.15, 0.2) is 71.8 Å². The molecule has 3 rings (SSSR count). The van der Waals surface area contributed by atoms with Gasteiger partial charge in [0.2, 0.25) is 10.0 Å². The summed E-state index contributed by atoms with van der Waals surface area (Å²) in [5.41, 5.74) is 5.64. The lowest BCUT2D eigenvalue weighted by molar-refractivity contribution is 0.0955. The van der Waals surface area contributed by atoms with Gasteiger partial charge in [-0.1, -0.05) is 29.8 Å². The van der Waals surface area contributed by atoms with Crippen molar-refractivity contribution in [3.8, 4) is 11.5 Å². The molecule has 0 saturated heterocycles. The summed E-state index contributed by atoms with van der Waals surface area (Å²) in [5, 5.41) is 3.94. The van der Waals surface area contributed by atoms with Gasteiger partial charge in [-0.15, -0.1) is 0 Å². The lowest BCUT2D eigenvalue weighted by atomic mass is 10.1. The minimum Gasteiger partial charge on any atom is -0.493 e. The van der Waals surface area contributed by atoms with Crippen molar-refractivity contribution < 1.29 is 32.2 Å². The lowest BCUT2D eigenvalue weighted by Gasteiger charge is -2.22. The molecule has 0 atom stereocenters. The maximum absolute atomic E-state index is 12.5. The van der Waals surface area contributed by atoms with E-state index in [0.717, 1.165) is 17.4 Å². The Morgan fingerprint density at radius 3 is 2.24 bits per heavy atom. The number of sulfonamides is 1. The van der Waals surface area contributed by atoms with E-state index in [9.17, 15) is 18.0 Å². The third-order valence-electron chi connectivity index (χ3n) is 5.19. The molecule has 0 radical (unpaired) electrons. The summed E-state index contributed by atoms with van der Waals surface area (Å²) in [6, 6.07) is 18.5. The number of hydrogen-bond acceptors (Lipinski definition) is 8. The van der Waals surface area contributed by atoms with Crippen LogP contribution in [0.5, 0.6) is 11.5 Å². The zero-order chi connectivity index (χ0) is 27.0. The number of nitrogens with one attached hydrogen (secondary N) is 1. The van der Waals surface area contributed by atoms with Crippen LogP contribution >= 0.6 is 0 Å². The van der Waals surface area contributed by atoms with Crippen molar-refractivity contribution in [1.82, 2.24) is 5.43 Å². The highest BCUT2D eigenvalue weighted by Crippen LogP contribution is 2.28. The van der Waals surface area contributed by atoms with Gasteiger partial charge in [0.05, 0.1) is 38.9 Å². The third kappa shape index (κ3) is 7.55. The molecule has 10 nitrogen and oxygen atoms in total. The summed E-state index contributed by atoms with van der Waals surface area (Å²) in [6.45, 7) is 2.13. The Kier molecular flexibility index (Phi) is 8.86. The van der Waals surface area contributed by atoms with Crippen molar-refractivity contribution in [2.45, 2.75) is 13.5 Å². The SMILES string of the molecule is COC(=O)Oc1ccc(/C=N\NC(=O)c2ccc(N(Cc3ccc(C)cc3)S(C)(=O)=O)cc2)cc1OC. The van der Waals surface area contributed by atoms with Gasteiger partial charge >= 0.3 is 6.16 Å². The Labute approximate surface area is 215 Å². The monoisotopic (exact) mass is 525 g/mol. The molecule has 0 unspecified atom stereocenters. The number of nitrogens with zero attached hydrogens (tertiary/aromatic N) is 2. The first-order valence-electron chi connectivity index (χ1n) is 11.0. The molecule has 194 valence electrons. The molecule has 0 aliphatic carbocycles. The number of aryl methyl sites for hydroxylation is 1. The molecule has 0 heterocycles. The second-order valence-electron chi connectivity index (χ2n) is 7.97. The van der Waals surface area contributed by atoms with Gasteiger partial charge in [0, 0.05) is 5.56 Å². The zero-order valence-electron chi connectivity index (χ0n) is 20.8. The molecular weight excluding hydrogens is 498 g/mol. The highest BCUT2D eigenvalue weighted by Gasteiger charge is 2.18. The highest BCUT2D eigenvalue weighted by molar-refractivity contribution is 7.92. The topological polar surface area (TPSA) is 124 Å². The van der Waals surface area contributed by atoms with Crippen molar-refractivity contribution in [3.63, 3.8) is 0 Å². The number of methoxy groups -OCH3 is 2. The maximum Gasteiger partial charge on any atom is 0.513 e. The first-order chi connectivity index (χ1) is 17.6. The van der Waals surface area contributed by atoms with E-state index in [1.165, 1.54) is 42.9 Å². The molecule has 11 heteroatoms. The first-order valence-corrected chi connectivity index (χ1v) is 12.9. The van der Waals surface area contributed by atoms with Crippen molar-refractivity contribution in [1.29, 1.82) is 0 Å². The molecule has 3 aromatic rings. The fourth-order valence-electron chi connectivity index (χ4n) is 3.25. The molecule has 0 spiro atoms. The average Bonchev–Trinajstić information content (AvgIpc) is 2.88. The van der Waals surface area contributed by atoms with Gasteiger partial charge in [0.15, 0.2) is 11.5 Å². The van der Waals surface area contributed by atoms with Crippen LogP contribution in [0.3, 0.4) is 0 Å². The number of anilines is 1. The van der Waals surface area contributed by atoms with Crippen LogP contribution < -0.4 is 19.2 Å². The van der Waals surface area contributed by atoms with Gasteiger partial charge in [-0.25, -0.2) is 18.6 Å². The van der Waals surface area contributed by atoms with E-state index in [-0.39, 0.29) is 18.0 Å². The van der Waals surface area contributed by atoms with E-state index in [0.29, 0.717) is 16.8 Å². The maximum atomic E-state index is 12.5. The van der Waals surface area contributed by atoms with E-state index in [4.69, 9.17) is 9.47 Å². The summed E-state index contributed by atoms with van der Waals surface area (Å²) in [7, 11) is -0.949. The van der Waals surface area contributed by atoms with Crippen LogP contribution in [0.1, 0.15) is 27.0 Å². The van der Waals surface area contributed by atoms with Crippen LogP contribution in [0.2, 0.25) is 0 Å². The molecule has 1 amide bonds. The summed E-state index contributed by atoms with van der Waals surface area (Å²) in [5.74, 6) is -0.0386. The fraction of sp³-hybridized carbons (Fsp3) is 0.192. The number of ether oxygens (including phenoxy) is 3. The van der Waals surface area contributed by atoms with Crippen LogP contribution in [-0.2, 0) is 21.3 Å². The molecule has 0 aliphatic heterocycles. The van der Waals surface area contributed by atoms with E-state index >= 15 is 0 Å². The predicted molar refractivity (Wildman–Crippen MR) is 140 cm³/mol. The zero-order valence-corrected chi connectivity index (χ0v) is 21.6. The van der Waals surface area contributed by atoms with E-state index in [2.05, 4.69) is 15.3 Å².